The standard InChI is InChI=1S/C28H39N3O4S/c1-8-16-31(26(33)22(17-36)29-27(34)35-28(5,6)7)24(21-14-12-18(2)13-15-21)25(32)30-23-19(3)10-9-11-20(23)4/h9-15,22,24,36H,8,16-17H2,1-7H3,(H,29,34)(H,30,32). The van der Waals surface area contributed by atoms with Crippen LogP contribution in [-0.2, 0) is 14.3 Å². The van der Waals surface area contributed by atoms with Crippen LogP contribution in [0.5, 0.6) is 0 Å². The summed E-state index contributed by atoms with van der Waals surface area (Å²) in [5, 5.41) is 5.67. The van der Waals surface area contributed by atoms with Gasteiger partial charge in [0.25, 0.3) is 5.91 Å². The van der Waals surface area contributed by atoms with Crippen molar-refractivity contribution in [1.29, 1.82) is 0 Å². The van der Waals surface area contributed by atoms with Crippen LogP contribution in [0, 0.1) is 20.8 Å². The molecule has 0 aliphatic carbocycles. The molecular weight excluding hydrogens is 474 g/mol. The molecule has 0 bridgehead atoms. The Hall–Kier alpha value is -3.00. The minimum Gasteiger partial charge on any atom is -0.444 e. The summed E-state index contributed by atoms with van der Waals surface area (Å²) >= 11 is 4.31. The van der Waals surface area contributed by atoms with E-state index in [4.69, 9.17) is 4.74 Å². The van der Waals surface area contributed by atoms with Gasteiger partial charge in [-0.1, -0.05) is 55.0 Å². The fourth-order valence-electron chi connectivity index (χ4n) is 3.87. The number of rotatable bonds is 9. The number of hydrogen-bond donors (Lipinski definition) is 3. The minimum absolute atomic E-state index is 0.0530. The van der Waals surface area contributed by atoms with Crippen molar-refractivity contribution in [2.45, 2.75) is 72.6 Å². The molecule has 3 amide bonds. The maximum Gasteiger partial charge on any atom is 0.408 e. The summed E-state index contributed by atoms with van der Waals surface area (Å²) in [5.41, 5.74) is 3.59. The van der Waals surface area contributed by atoms with Gasteiger partial charge >= 0.3 is 6.09 Å². The Morgan fingerprint density at radius 2 is 1.58 bits per heavy atom. The monoisotopic (exact) mass is 513 g/mol. The lowest BCUT2D eigenvalue weighted by Gasteiger charge is -2.34. The fourth-order valence-corrected chi connectivity index (χ4v) is 4.12. The molecule has 7 nitrogen and oxygen atoms in total. The number of amides is 3. The highest BCUT2D eigenvalue weighted by atomic mass is 32.1. The molecule has 0 aromatic heterocycles. The molecule has 0 saturated heterocycles. The smallest absolute Gasteiger partial charge is 0.408 e. The van der Waals surface area contributed by atoms with E-state index in [1.54, 1.807) is 20.8 Å². The molecule has 8 heteroatoms. The van der Waals surface area contributed by atoms with Crippen LogP contribution in [0.1, 0.15) is 62.4 Å². The van der Waals surface area contributed by atoms with E-state index in [1.165, 1.54) is 4.90 Å². The van der Waals surface area contributed by atoms with Gasteiger partial charge in [-0.2, -0.15) is 12.6 Å². The van der Waals surface area contributed by atoms with Crippen molar-refractivity contribution in [1.82, 2.24) is 10.2 Å². The van der Waals surface area contributed by atoms with Crippen molar-refractivity contribution < 1.29 is 19.1 Å². The van der Waals surface area contributed by atoms with E-state index in [2.05, 4.69) is 23.3 Å². The van der Waals surface area contributed by atoms with Gasteiger partial charge in [-0.3, -0.25) is 9.59 Å². The van der Waals surface area contributed by atoms with Gasteiger partial charge in [-0.05, 0) is 64.7 Å². The van der Waals surface area contributed by atoms with E-state index < -0.39 is 29.7 Å². The number of carbonyl (C=O) groups is 3. The molecule has 0 aliphatic heterocycles. The zero-order valence-corrected chi connectivity index (χ0v) is 23.2. The molecular formula is C28H39N3O4S. The molecule has 2 unspecified atom stereocenters. The number of aryl methyl sites for hydroxylation is 3. The number of nitrogens with one attached hydrogen (secondary N) is 2. The highest BCUT2D eigenvalue weighted by molar-refractivity contribution is 7.80. The van der Waals surface area contributed by atoms with Gasteiger partial charge in [-0.25, -0.2) is 4.79 Å². The van der Waals surface area contributed by atoms with E-state index >= 15 is 0 Å². The summed E-state index contributed by atoms with van der Waals surface area (Å²) in [4.78, 5) is 41.5. The highest BCUT2D eigenvalue weighted by Gasteiger charge is 2.35. The second-order valence-corrected chi connectivity index (χ2v) is 10.3. The fraction of sp³-hybridized carbons (Fsp3) is 0.464. The number of nitrogens with zero attached hydrogens (tertiary/aromatic N) is 1. The zero-order valence-electron chi connectivity index (χ0n) is 22.3. The Labute approximate surface area is 220 Å². The van der Waals surface area contributed by atoms with Gasteiger partial charge in [0.15, 0.2) is 0 Å². The van der Waals surface area contributed by atoms with Crippen molar-refractivity contribution in [2.24, 2.45) is 0 Å². The normalized spacial score (nSPS) is 12.9. The lowest BCUT2D eigenvalue weighted by molar-refractivity contribution is -0.140. The number of thiol groups is 1. The van der Waals surface area contributed by atoms with E-state index in [-0.39, 0.29) is 11.7 Å². The van der Waals surface area contributed by atoms with Crippen LogP contribution in [-0.4, -0.2) is 46.7 Å². The lowest BCUT2D eigenvalue weighted by atomic mass is 10.0. The molecule has 2 atom stereocenters. The Morgan fingerprint density at radius 3 is 2.08 bits per heavy atom. The largest absolute Gasteiger partial charge is 0.444 e. The summed E-state index contributed by atoms with van der Waals surface area (Å²) in [5.74, 6) is -0.676. The van der Waals surface area contributed by atoms with Gasteiger partial charge in [0, 0.05) is 18.0 Å². The van der Waals surface area contributed by atoms with Gasteiger partial charge in [-0.15, -0.1) is 0 Å². The van der Waals surface area contributed by atoms with Crippen LogP contribution in [0.3, 0.4) is 0 Å². The van der Waals surface area contributed by atoms with Crippen molar-refractivity contribution in [2.75, 3.05) is 17.6 Å². The van der Waals surface area contributed by atoms with Gasteiger partial charge in [0.05, 0.1) is 0 Å². The first kappa shape index (κ1) is 29.2. The zero-order chi connectivity index (χ0) is 27.0. The summed E-state index contributed by atoms with van der Waals surface area (Å²) in [6.07, 6.45) is -0.0884. The third-order valence-electron chi connectivity index (χ3n) is 5.60. The van der Waals surface area contributed by atoms with Crippen LogP contribution in [0.2, 0.25) is 0 Å². The summed E-state index contributed by atoms with van der Waals surface area (Å²) in [6, 6.07) is 11.5. The van der Waals surface area contributed by atoms with Crippen LogP contribution >= 0.6 is 12.6 Å². The average molecular weight is 514 g/mol. The molecule has 2 rings (SSSR count). The maximum atomic E-state index is 13.8. The molecule has 2 aromatic carbocycles. The Balaban J connectivity index is 2.47. The molecule has 2 N–H and O–H groups in total. The average Bonchev–Trinajstić information content (AvgIpc) is 2.79. The van der Waals surface area contributed by atoms with Crippen LogP contribution < -0.4 is 10.6 Å². The van der Waals surface area contributed by atoms with Crippen LogP contribution in [0.25, 0.3) is 0 Å². The van der Waals surface area contributed by atoms with E-state index in [1.807, 2.05) is 70.2 Å². The lowest BCUT2D eigenvalue weighted by Crippen LogP contribution is -2.53. The third-order valence-corrected chi connectivity index (χ3v) is 5.97. The molecule has 2 aromatic rings. The number of carbonyl (C=O) groups excluding carboxylic acids is 3. The van der Waals surface area contributed by atoms with Crippen molar-refractivity contribution in [3.8, 4) is 0 Å². The number of anilines is 1. The maximum absolute atomic E-state index is 13.8. The second kappa shape index (κ2) is 12.8. The van der Waals surface area contributed by atoms with Crippen molar-refractivity contribution in [3.05, 3.63) is 64.7 Å². The minimum atomic E-state index is -0.962. The predicted molar refractivity (Wildman–Crippen MR) is 147 cm³/mol. The molecule has 0 radical (unpaired) electrons. The number of alkyl carbamates (subject to hydrolysis) is 1. The number of para-hydroxylation sites is 1. The first-order valence-corrected chi connectivity index (χ1v) is 12.9. The second-order valence-electron chi connectivity index (χ2n) is 9.98. The van der Waals surface area contributed by atoms with Gasteiger partial charge in [0.1, 0.15) is 17.7 Å². The molecule has 0 spiro atoms. The number of hydrogen-bond acceptors (Lipinski definition) is 5. The third kappa shape index (κ3) is 8.01. The molecule has 0 fully saturated rings. The van der Waals surface area contributed by atoms with Crippen molar-refractivity contribution in [3.63, 3.8) is 0 Å². The SMILES string of the molecule is CCCN(C(=O)C(CS)NC(=O)OC(C)(C)C)C(C(=O)Nc1c(C)cccc1C)c1ccc(C)cc1. The summed E-state index contributed by atoms with van der Waals surface area (Å²) in [6.45, 7) is 13.3. The number of ether oxygens (including phenoxy) is 1. The molecule has 0 heterocycles. The van der Waals surface area contributed by atoms with Gasteiger partial charge in [0.2, 0.25) is 5.91 Å². The highest BCUT2D eigenvalue weighted by Crippen LogP contribution is 2.27. The summed E-state index contributed by atoms with van der Waals surface area (Å²) in [7, 11) is 0. The van der Waals surface area contributed by atoms with E-state index in [0.717, 1.165) is 22.4 Å². The quantitative estimate of drug-likeness (QED) is 0.394. The molecule has 0 saturated carbocycles. The van der Waals surface area contributed by atoms with E-state index in [0.29, 0.717) is 18.5 Å². The Morgan fingerprint density at radius 1 is 1.00 bits per heavy atom. The first-order chi connectivity index (χ1) is 16.9. The predicted octanol–water partition coefficient (Wildman–Crippen LogP) is 5.35. The first-order valence-electron chi connectivity index (χ1n) is 12.2. The van der Waals surface area contributed by atoms with E-state index in [9.17, 15) is 14.4 Å². The van der Waals surface area contributed by atoms with Gasteiger partial charge < -0.3 is 20.3 Å². The molecule has 0 aliphatic rings. The molecule has 196 valence electrons. The van der Waals surface area contributed by atoms with Crippen LogP contribution in [0.15, 0.2) is 42.5 Å². The number of benzene rings is 2. The summed E-state index contributed by atoms with van der Waals surface area (Å²) < 4.78 is 5.34. The molecule has 36 heavy (non-hydrogen) atoms. The van der Waals surface area contributed by atoms with Crippen molar-refractivity contribution >= 4 is 36.2 Å². The Bertz CT molecular complexity index is 1040. The van der Waals surface area contributed by atoms with Crippen LogP contribution in [0.4, 0.5) is 10.5 Å². The Kier molecular flexibility index (Phi) is 10.4. The topological polar surface area (TPSA) is 87.7 Å².